The van der Waals surface area contributed by atoms with E-state index < -0.39 is 11.9 Å². The van der Waals surface area contributed by atoms with Crippen LogP contribution in [0.3, 0.4) is 0 Å². The molecule has 2 N–H and O–H groups in total. The molecule has 0 saturated carbocycles. The Bertz CT molecular complexity index is 1200. The number of guanidine groups is 1. The van der Waals surface area contributed by atoms with E-state index >= 15 is 4.39 Å². The number of piperidine rings is 1. The Labute approximate surface area is 231 Å². The van der Waals surface area contributed by atoms with Gasteiger partial charge >= 0.3 is 0 Å². The number of aliphatic imine (C=N–C) groups is 1. The van der Waals surface area contributed by atoms with Crippen LogP contribution >= 0.6 is 0 Å². The maximum Gasteiger partial charge on any atom is 0.202 e. The predicted octanol–water partition coefficient (Wildman–Crippen LogP) is 6.26. The molecule has 0 spiro atoms. The van der Waals surface area contributed by atoms with E-state index in [-0.39, 0.29) is 23.8 Å². The molecule has 1 aliphatic carbocycles. The molecule has 1 aromatic rings. The topological polar surface area (TPSA) is 55.8 Å². The van der Waals surface area contributed by atoms with Gasteiger partial charge in [-0.25, -0.2) is 18.8 Å². The fourth-order valence-electron chi connectivity index (χ4n) is 6.53. The number of aromatic nitrogens is 1. The molecule has 1 saturated heterocycles. The van der Waals surface area contributed by atoms with Gasteiger partial charge < -0.3 is 20.4 Å². The van der Waals surface area contributed by atoms with Crippen LogP contribution in [0.1, 0.15) is 65.9 Å². The molecule has 1 aromatic heterocycles. The minimum absolute atomic E-state index is 0.173. The summed E-state index contributed by atoms with van der Waals surface area (Å²) in [5.74, 6) is 1.07. The Hall–Kier alpha value is -3.00. The van der Waals surface area contributed by atoms with Gasteiger partial charge in [0.25, 0.3) is 0 Å². The standard InChI is InChI=1S/C31H42F2N6/c1-18(2)38-11-9-22(10-12-38)21(6)23-7-8-29(34-16-23)36-31-35-17-27(33)30(37-31)24-14-26(32)25-13-20(5)39(19(3)4)28(25)15-24/h7-8,13-19,21-22,25,28,30H,9-12H2,1-6H3,(H2,34,35,36,37)/t21-,25?,28?,30?/m1/s1. The lowest BCUT2D eigenvalue weighted by molar-refractivity contribution is 0.139. The first-order valence-corrected chi connectivity index (χ1v) is 14.3. The highest BCUT2D eigenvalue weighted by atomic mass is 19.1. The Morgan fingerprint density at radius 3 is 2.38 bits per heavy atom. The number of anilines is 1. The molecule has 3 unspecified atom stereocenters. The number of allylic oxidation sites excluding steroid dienone is 1. The molecule has 0 amide bonds. The van der Waals surface area contributed by atoms with E-state index in [1.165, 1.54) is 30.7 Å². The normalized spacial score (nSPS) is 26.9. The first kappa shape index (κ1) is 27.6. The van der Waals surface area contributed by atoms with Crippen LogP contribution < -0.4 is 10.6 Å². The van der Waals surface area contributed by atoms with Crippen LogP contribution in [0.5, 0.6) is 0 Å². The van der Waals surface area contributed by atoms with Crippen molar-refractivity contribution in [3.63, 3.8) is 0 Å². The summed E-state index contributed by atoms with van der Waals surface area (Å²) in [5, 5.41) is 6.05. The lowest BCUT2D eigenvalue weighted by Gasteiger charge is -2.37. The van der Waals surface area contributed by atoms with E-state index in [0.29, 0.717) is 35.2 Å². The van der Waals surface area contributed by atoms with Crippen molar-refractivity contribution in [3.8, 4) is 0 Å². The van der Waals surface area contributed by atoms with Gasteiger partial charge in [-0.3, -0.25) is 0 Å². The fraction of sp³-hybridized carbons (Fsp3) is 0.548. The smallest absolute Gasteiger partial charge is 0.202 e. The third-order valence-corrected chi connectivity index (χ3v) is 8.81. The van der Waals surface area contributed by atoms with Crippen molar-refractivity contribution in [1.29, 1.82) is 0 Å². The molecule has 0 bridgehead atoms. The number of rotatable bonds is 6. The van der Waals surface area contributed by atoms with Crippen molar-refractivity contribution in [2.24, 2.45) is 16.8 Å². The van der Waals surface area contributed by atoms with E-state index in [1.807, 2.05) is 31.3 Å². The second-order valence-corrected chi connectivity index (χ2v) is 11.9. The number of likely N-dealkylation sites (tertiary alicyclic amines) is 1. The highest BCUT2D eigenvalue weighted by Crippen LogP contribution is 2.40. The van der Waals surface area contributed by atoms with Crippen LogP contribution in [0.4, 0.5) is 14.6 Å². The summed E-state index contributed by atoms with van der Waals surface area (Å²) in [6.07, 6.45) is 11.0. The summed E-state index contributed by atoms with van der Waals surface area (Å²) >= 11 is 0. The second kappa shape index (κ2) is 11.2. The Morgan fingerprint density at radius 2 is 1.74 bits per heavy atom. The summed E-state index contributed by atoms with van der Waals surface area (Å²) in [5.41, 5.74) is 2.79. The molecule has 0 aromatic carbocycles. The lowest BCUT2D eigenvalue weighted by Crippen LogP contribution is -2.40. The van der Waals surface area contributed by atoms with Crippen molar-refractivity contribution in [2.45, 2.75) is 84.5 Å². The van der Waals surface area contributed by atoms with Crippen LogP contribution in [0.15, 0.2) is 70.7 Å². The quantitative estimate of drug-likeness (QED) is 0.449. The number of nitrogens with zero attached hydrogens (tertiary/aromatic N) is 4. The van der Waals surface area contributed by atoms with Gasteiger partial charge in [0, 0.05) is 30.2 Å². The van der Waals surface area contributed by atoms with E-state index in [2.05, 4.69) is 71.1 Å². The molecule has 39 heavy (non-hydrogen) atoms. The van der Waals surface area contributed by atoms with Crippen molar-refractivity contribution in [3.05, 3.63) is 71.2 Å². The van der Waals surface area contributed by atoms with Crippen molar-refractivity contribution >= 4 is 11.8 Å². The zero-order chi connectivity index (χ0) is 27.8. The third kappa shape index (κ3) is 5.67. The number of nitrogens with one attached hydrogen (secondary N) is 2. The number of pyridine rings is 1. The highest BCUT2D eigenvalue weighted by Gasteiger charge is 2.39. The minimum atomic E-state index is -0.911. The van der Waals surface area contributed by atoms with Crippen LogP contribution in [0.25, 0.3) is 0 Å². The molecule has 4 atom stereocenters. The van der Waals surface area contributed by atoms with Gasteiger partial charge in [-0.2, -0.15) is 0 Å². The van der Waals surface area contributed by atoms with Crippen molar-refractivity contribution in [1.82, 2.24) is 20.1 Å². The van der Waals surface area contributed by atoms with Gasteiger partial charge in [-0.05, 0) is 95.7 Å². The summed E-state index contributed by atoms with van der Waals surface area (Å²) < 4.78 is 30.1. The molecule has 5 rings (SSSR count). The Morgan fingerprint density at radius 1 is 1.00 bits per heavy atom. The summed E-state index contributed by atoms with van der Waals surface area (Å²) in [4.78, 5) is 13.9. The second-order valence-electron chi connectivity index (χ2n) is 11.9. The zero-order valence-electron chi connectivity index (χ0n) is 24.0. The summed E-state index contributed by atoms with van der Waals surface area (Å²) in [7, 11) is 0. The number of halogens is 2. The van der Waals surface area contributed by atoms with E-state index in [9.17, 15) is 4.39 Å². The molecule has 8 heteroatoms. The van der Waals surface area contributed by atoms with E-state index in [1.54, 1.807) is 0 Å². The van der Waals surface area contributed by atoms with Crippen LogP contribution in [-0.4, -0.2) is 58.0 Å². The molecular formula is C31H42F2N6. The van der Waals surface area contributed by atoms with Gasteiger partial charge in [-0.15, -0.1) is 0 Å². The predicted molar refractivity (Wildman–Crippen MR) is 155 cm³/mol. The third-order valence-electron chi connectivity index (χ3n) is 8.81. The van der Waals surface area contributed by atoms with Gasteiger partial charge in [0.2, 0.25) is 5.96 Å². The molecular weight excluding hydrogens is 494 g/mol. The average Bonchev–Trinajstić information content (AvgIpc) is 3.26. The minimum Gasteiger partial charge on any atom is -0.365 e. The van der Waals surface area contributed by atoms with Gasteiger partial charge in [0.15, 0.2) is 0 Å². The molecule has 210 valence electrons. The maximum atomic E-state index is 15.1. The molecule has 4 heterocycles. The van der Waals surface area contributed by atoms with E-state index in [0.717, 1.165) is 18.8 Å². The zero-order valence-corrected chi connectivity index (χ0v) is 24.0. The molecule has 1 fully saturated rings. The molecule has 6 nitrogen and oxygen atoms in total. The van der Waals surface area contributed by atoms with Gasteiger partial charge in [-0.1, -0.05) is 25.1 Å². The summed E-state index contributed by atoms with van der Waals surface area (Å²) in [6, 6.07) is 3.79. The van der Waals surface area contributed by atoms with Crippen molar-refractivity contribution in [2.75, 3.05) is 18.4 Å². The largest absolute Gasteiger partial charge is 0.365 e. The number of hydrogen-bond acceptors (Lipinski definition) is 6. The monoisotopic (exact) mass is 536 g/mol. The summed E-state index contributed by atoms with van der Waals surface area (Å²) in [6.45, 7) is 15.3. The molecule has 0 radical (unpaired) electrons. The number of hydrogen-bond donors (Lipinski definition) is 2. The molecule has 3 aliphatic heterocycles. The first-order chi connectivity index (χ1) is 18.6. The van der Waals surface area contributed by atoms with Crippen LogP contribution in [0, 0.1) is 11.8 Å². The van der Waals surface area contributed by atoms with Gasteiger partial charge in [0.05, 0.1) is 12.0 Å². The first-order valence-electron chi connectivity index (χ1n) is 14.3. The highest BCUT2D eigenvalue weighted by molar-refractivity contribution is 5.94. The van der Waals surface area contributed by atoms with E-state index in [4.69, 9.17) is 0 Å². The maximum absolute atomic E-state index is 15.1. The average molecular weight is 537 g/mol. The number of fused-ring (bicyclic) bond motifs is 1. The Kier molecular flexibility index (Phi) is 7.94. The fourth-order valence-corrected chi connectivity index (χ4v) is 6.53. The molecule has 4 aliphatic rings. The van der Waals surface area contributed by atoms with Crippen LogP contribution in [-0.2, 0) is 0 Å². The Balaban J connectivity index is 1.27. The van der Waals surface area contributed by atoms with Crippen LogP contribution in [0.2, 0.25) is 0 Å². The van der Waals surface area contributed by atoms with Gasteiger partial charge in [0.1, 0.15) is 23.5 Å². The van der Waals surface area contributed by atoms with Crippen molar-refractivity contribution < 1.29 is 8.78 Å². The lowest BCUT2D eigenvalue weighted by atomic mass is 9.81. The SMILES string of the molecule is CC1=CC2C(F)=CC(C3N=C(Nc4ccc([C@H](C)C5CCN(C(C)C)CC5)cn4)NC=C3F)=CC2N1C(C)C.